The van der Waals surface area contributed by atoms with E-state index >= 15 is 0 Å². The van der Waals surface area contributed by atoms with E-state index in [1.807, 2.05) is 30.3 Å². The first-order chi connectivity index (χ1) is 9.00. The molecule has 0 saturated carbocycles. The largest absolute Gasteiger partial charge is 0.414 e. The van der Waals surface area contributed by atoms with Gasteiger partial charge in [-0.05, 0) is 18.4 Å². The van der Waals surface area contributed by atoms with Crippen molar-refractivity contribution in [2.45, 2.75) is 44.6 Å². The zero-order chi connectivity index (χ0) is 14.1. The predicted octanol–water partition coefficient (Wildman–Crippen LogP) is 3.69. The number of hydrogen-bond donors (Lipinski definition) is 1. The first kappa shape index (κ1) is 16.0. The molecule has 0 heterocycles. The molecule has 5 heteroatoms. The number of alkyl halides is 3. The third-order valence-corrected chi connectivity index (χ3v) is 2.76. The second kappa shape index (κ2) is 8.17. The Bertz CT molecular complexity index is 338. The van der Waals surface area contributed by atoms with Crippen LogP contribution in [0.1, 0.15) is 31.2 Å². The number of benzene rings is 1. The predicted molar refractivity (Wildman–Crippen MR) is 66.6 cm³/mol. The molecule has 1 aromatic carbocycles. The van der Waals surface area contributed by atoms with Crippen LogP contribution < -0.4 is 0 Å². The maximum absolute atomic E-state index is 12.0. The quantitative estimate of drug-likeness (QED) is 0.734. The average molecular weight is 276 g/mol. The summed E-state index contributed by atoms with van der Waals surface area (Å²) >= 11 is 0. The molecule has 0 bridgehead atoms. The summed E-state index contributed by atoms with van der Waals surface area (Å²) in [4.78, 5) is 0. The zero-order valence-electron chi connectivity index (χ0n) is 10.7. The first-order valence-corrected chi connectivity index (χ1v) is 6.36. The molecule has 2 nitrogen and oxygen atoms in total. The van der Waals surface area contributed by atoms with Crippen molar-refractivity contribution in [3.05, 3.63) is 35.9 Å². The zero-order valence-corrected chi connectivity index (χ0v) is 10.7. The van der Waals surface area contributed by atoms with E-state index in [0.29, 0.717) is 32.5 Å². The monoisotopic (exact) mass is 276 g/mol. The third kappa shape index (κ3) is 7.18. The highest BCUT2D eigenvalue weighted by molar-refractivity contribution is 5.13. The number of hydrogen-bond acceptors (Lipinski definition) is 2. The molecule has 0 radical (unpaired) electrons. The third-order valence-electron chi connectivity index (χ3n) is 2.76. The van der Waals surface area contributed by atoms with E-state index in [0.717, 1.165) is 5.56 Å². The molecular weight excluding hydrogens is 257 g/mol. The minimum absolute atomic E-state index is 0.234. The molecular formula is C14H19F3O2. The normalized spacial score (nSPS) is 13.5. The summed E-state index contributed by atoms with van der Waals surface area (Å²) in [5.41, 5.74) is 1.08. The number of rotatable bonds is 8. The van der Waals surface area contributed by atoms with Gasteiger partial charge in [0.05, 0.1) is 6.61 Å². The van der Waals surface area contributed by atoms with Crippen LogP contribution in [0.3, 0.4) is 0 Å². The molecule has 0 aliphatic rings. The van der Waals surface area contributed by atoms with Gasteiger partial charge in [-0.3, -0.25) is 0 Å². The van der Waals surface area contributed by atoms with Gasteiger partial charge >= 0.3 is 6.18 Å². The fraction of sp³-hybridized carbons (Fsp3) is 0.571. The molecule has 0 aromatic heterocycles. The van der Waals surface area contributed by atoms with Gasteiger partial charge in [0.25, 0.3) is 0 Å². The van der Waals surface area contributed by atoms with Crippen molar-refractivity contribution in [3.8, 4) is 0 Å². The van der Waals surface area contributed by atoms with Gasteiger partial charge in [-0.2, -0.15) is 13.2 Å². The highest BCUT2D eigenvalue weighted by Gasteiger charge is 2.37. The van der Waals surface area contributed by atoms with E-state index in [1.165, 1.54) is 0 Å². The molecule has 1 atom stereocenters. The number of ether oxygens (including phenoxy) is 1. The molecule has 1 N–H and O–H groups in total. The summed E-state index contributed by atoms with van der Waals surface area (Å²) in [6.45, 7) is 1.04. The van der Waals surface area contributed by atoms with Crippen LogP contribution in [0.5, 0.6) is 0 Å². The summed E-state index contributed by atoms with van der Waals surface area (Å²) < 4.78 is 41.4. The highest BCUT2D eigenvalue weighted by Crippen LogP contribution is 2.23. The SMILES string of the molecule is O[C@H](CCCCCOCc1ccccc1)C(F)(F)F. The molecule has 0 amide bonds. The topological polar surface area (TPSA) is 29.5 Å². The van der Waals surface area contributed by atoms with Crippen molar-refractivity contribution in [1.82, 2.24) is 0 Å². The summed E-state index contributed by atoms with van der Waals surface area (Å²) in [5, 5.41) is 8.78. The smallest absolute Gasteiger partial charge is 0.384 e. The van der Waals surface area contributed by atoms with Gasteiger partial charge in [0.2, 0.25) is 0 Å². The maximum atomic E-state index is 12.0. The molecule has 0 spiro atoms. The van der Waals surface area contributed by atoms with Gasteiger partial charge in [0.15, 0.2) is 0 Å². The lowest BCUT2D eigenvalue weighted by atomic mass is 10.1. The Kier molecular flexibility index (Phi) is 6.87. The summed E-state index contributed by atoms with van der Waals surface area (Å²) in [5.74, 6) is 0. The first-order valence-electron chi connectivity index (χ1n) is 6.36. The molecule has 1 rings (SSSR count). The molecule has 0 saturated heterocycles. The van der Waals surface area contributed by atoms with Gasteiger partial charge in [0.1, 0.15) is 6.10 Å². The van der Waals surface area contributed by atoms with E-state index in [4.69, 9.17) is 9.84 Å². The Hall–Kier alpha value is -1.07. The Labute approximate surface area is 111 Å². The van der Waals surface area contributed by atoms with Crippen LogP contribution in [-0.4, -0.2) is 24.0 Å². The fourth-order valence-corrected chi connectivity index (χ4v) is 1.65. The molecule has 0 aliphatic carbocycles. The van der Waals surface area contributed by atoms with Crippen LogP contribution in [0.25, 0.3) is 0 Å². The van der Waals surface area contributed by atoms with Crippen molar-refractivity contribution < 1.29 is 23.0 Å². The van der Waals surface area contributed by atoms with Crippen molar-refractivity contribution in [3.63, 3.8) is 0 Å². The Morgan fingerprint density at radius 3 is 2.37 bits per heavy atom. The van der Waals surface area contributed by atoms with Crippen molar-refractivity contribution >= 4 is 0 Å². The Morgan fingerprint density at radius 2 is 1.74 bits per heavy atom. The van der Waals surface area contributed by atoms with Crippen molar-refractivity contribution in [2.24, 2.45) is 0 Å². The maximum Gasteiger partial charge on any atom is 0.414 e. The lowest BCUT2D eigenvalue weighted by Gasteiger charge is -2.13. The minimum atomic E-state index is -4.50. The Morgan fingerprint density at radius 1 is 1.05 bits per heavy atom. The summed E-state index contributed by atoms with van der Waals surface area (Å²) in [6, 6.07) is 9.70. The number of unbranched alkanes of at least 4 members (excludes halogenated alkanes) is 2. The number of halogens is 3. The molecule has 0 fully saturated rings. The van der Waals surface area contributed by atoms with Crippen LogP contribution in [0.4, 0.5) is 13.2 Å². The molecule has 19 heavy (non-hydrogen) atoms. The van der Waals surface area contributed by atoms with Crippen LogP contribution in [0.2, 0.25) is 0 Å². The van der Waals surface area contributed by atoms with Crippen molar-refractivity contribution in [2.75, 3.05) is 6.61 Å². The molecule has 108 valence electrons. The number of aliphatic hydroxyl groups excluding tert-OH is 1. The van der Waals surface area contributed by atoms with Gasteiger partial charge in [0, 0.05) is 6.61 Å². The van der Waals surface area contributed by atoms with Crippen molar-refractivity contribution in [1.29, 1.82) is 0 Å². The lowest BCUT2D eigenvalue weighted by molar-refractivity contribution is -0.205. The fourth-order valence-electron chi connectivity index (χ4n) is 1.65. The van der Waals surface area contributed by atoms with Crippen LogP contribution in [-0.2, 0) is 11.3 Å². The van der Waals surface area contributed by atoms with Gasteiger partial charge < -0.3 is 9.84 Å². The van der Waals surface area contributed by atoms with E-state index in [1.54, 1.807) is 0 Å². The second-order valence-electron chi connectivity index (χ2n) is 4.44. The van der Waals surface area contributed by atoms with Gasteiger partial charge in [-0.25, -0.2) is 0 Å². The van der Waals surface area contributed by atoms with Crippen LogP contribution >= 0.6 is 0 Å². The number of aliphatic hydroxyl groups is 1. The standard InChI is InChI=1S/C14H19F3O2/c15-14(16,17)13(18)9-5-2-6-10-19-11-12-7-3-1-4-8-12/h1,3-4,7-8,13,18H,2,5-6,9-11H2/t13-/m1/s1. The van der Waals surface area contributed by atoms with E-state index in [9.17, 15) is 13.2 Å². The highest BCUT2D eigenvalue weighted by atomic mass is 19.4. The summed E-state index contributed by atoms with van der Waals surface area (Å²) in [7, 11) is 0. The van der Waals surface area contributed by atoms with Gasteiger partial charge in [-0.1, -0.05) is 43.2 Å². The van der Waals surface area contributed by atoms with Crippen LogP contribution in [0.15, 0.2) is 30.3 Å². The second-order valence-corrected chi connectivity index (χ2v) is 4.44. The molecule has 0 unspecified atom stereocenters. The minimum Gasteiger partial charge on any atom is -0.384 e. The Balaban J connectivity index is 1.97. The van der Waals surface area contributed by atoms with E-state index in [2.05, 4.69) is 0 Å². The molecule has 1 aromatic rings. The van der Waals surface area contributed by atoms with E-state index < -0.39 is 12.3 Å². The molecule has 0 aliphatic heterocycles. The van der Waals surface area contributed by atoms with E-state index in [-0.39, 0.29) is 6.42 Å². The van der Waals surface area contributed by atoms with Gasteiger partial charge in [-0.15, -0.1) is 0 Å². The average Bonchev–Trinajstić information content (AvgIpc) is 2.37. The summed E-state index contributed by atoms with van der Waals surface area (Å²) in [6.07, 6.45) is -5.24. The lowest BCUT2D eigenvalue weighted by Crippen LogP contribution is -2.28. The van der Waals surface area contributed by atoms with Crippen LogP contribution in [0, 0.1) is 0 Å².